The molecule has 2 atom stereocenters. The molecule has 0 amide bonds. The minimum Gasteiger partial charge on any atom is -0.468 e. The Labute approximate surface area is 89.6 Å². The first-order valence-corrected chi connectivity index (χ1v) is 5.32. The summed E-state index contributed by atoms with van der Waals surface area (Å²) in [5.41, 5.74) is -0.989. The van der Waals surface area contributed by atoms with Gasteiger partial charge < -0.3 is 9.84 Å². The van der Waals surface area contributed by atoms with Gasteiger partial charge in [-0.3, -0.25) is 9.59 Å². The number of aliphatic hydroxyl groups is 1. The molecular weight excluding hydrogens is 196 g/mol. The number of hydrogen-bond acceptors (Lipinski definition) is 4. The Kier molecular flexibility index (Phi) is 3.85. The lowest BCUT2D eigenvalue weighted by Crippen LogP contribution is -2.42. The summed E-state index contributed by atoms with van der Waals surface area (Å²) in [6.07, 6.45) is 2.20. The van der Waals surface area contributed by atoms with Crippen LogP contribution in [0, 0.1) is 11.3 Å². The summed E-state index contributed by atoms with van der Waals surface area (Å²) in [6.45, 7) is 1.82. The molecule has 0 aliphatic heterocycles. The molecule has 0 bridgehead atoms. The number of methoxy groups -OCH3 is 1. The molecule has 0 aromatic rings. The number of rotatable bonds is 4. The molecule has 0 aromatic carbocycles. The maximum atomic E-state index is 11.8. The molecular formula is C11H18O4. The largest absolute Gasteiger partial charge is 0.468 e. The summed E-state index contributed by atoms with van der Waals surface area (Å²) in [5, 5.41) is 8.89. The van der Waals surface area contributed by atoms with Crippen molar-refractivity contribution in [3.63, 3.8) is 0 Å². The van der Waals surface area contributed by atoms with Gasteiger partial charge in [0.25, 0.3) is 0 Å². The molecule has 1 fully saturated rings. The smallest absolute Gasteiger partial charge is 0.319 e. The molecule has 1 rings (SSSR count). The van der Waals surface area contributed by atoms with E-state index in [0.717, 1.165) is 6.42 Å². The zero-order valence-electron chi connectivity index (χ0n) is 9.28. The minimum atomic E-state index is -0.989. The molecule has 1 aliphatic rings. The van der Waals surface area contributed by atoms with Crippen LogP contribution >= 0.6 is 0 Å². The van der Waals surface area contributed by atoms with Crippen molar-refractivity contribution >= 4 is 11.8 Å². The van der Waals surface area contributed by atoms with Crippen molar-refractivity contribution in [2.75, 3.05) is 13.7 Å². The highest BCUT2D eigenvalue weighted by atomic mass is 16.5. The summed E-state index contributed by atoms with van der Waals surface area (Å²) in [7, 11) is 1.31. The van der Waals surface area contributed by atoms with Crippen molar-refractivity contribution < 1.29 is 19.4 Å². The first kappa shape index (κ1) is 12.2. The number of Topliss-reactive ketones (excluding diaryl/α,β-unsaturated/α-hetero) is 1. The minimum absolute atomic E-state index is 0.00676. The molecule has 1 saturated carbocycles. The fourth-order valence-electron chi connectivity index (χ4n) is 2.45. The van der Waals surface area contributed by atoms with E-state index in [0.29, 0.717) is 19.3 Å². The van der Waals surface area contributed by atoms with Gasteiger partial charge in [0.2, 0.25) is 0 Å². The molecule has 0 radical (unpaired) electrons. The van der Waals surface area contributed by atoms with E-state index in [4.69, 9.17) is 9.84 Å². The van der Waals surface area contributed by atoms with E-state index < -0.39 is 11.4 Å². The van der Waals surface area contributed by atoms with Crippen molar-refractivity contribution in [2.24, 2.45) is 11.3 Å². The molecule has 0 saturated heterocycles. The number of hydrogen-bond donors (Lipinski definition) is 1. The van der Waals surface area contributed by atoms with Gasteiger partial charge in [0.05, 0.1) is 7.11 Å². The highest BCUT2D eigenvalue weighted by Crippen LogP contribution is 2.43. The van der Waals surface area contributed by atoms with Crippen LogP contribution in [0.3, 0.4) is 0 Å². The molecule has 15 heavy (non-hydrogen) atoms. The Morgan fingerprint density at radius 3 is 2.73 bits per heavy atom. The van der Waals surface area contributed by atoms with Crippen molar-refractivity contribution in [2.45, 2.75) is 32.6 Å². The fourth-order valence-corrected chi connectivity index (χ4v) is 2.45. The number of aliphatic hydroxyl groups excluding tert-OH is 1. The van der Waals surface area contributed by atoms with Crippen LogP contribution in [0.1, 0.15) is 32.6 Å². The van der Waals surface area contributed by atoms with Crippen LogP contribution in [0.2, 0.25) is 0 Å². The van der Waals surface area contributed by atoms with Gasteiger partial charge in [0.15, 0.2) is 0 Å². The summed E-state index contributed by atoms with van der Waals surface area (Å²) in [5.74, 6) is -0.619. The van der Waals surface area contributed by atoms with Crippen LogP contribution in [0.25, 0.3) is 0 Å². The van der Waals surface area contributed by atoms with Crippen molar-refractivity contribution in [3.05, 3.63) is 0 Å². The van der Waals surface area contributed by atoms with Gasteiger partial charge in [0, 0.05) is 13.0 Å². The number of esters is 1. The van der Waals surface area contributed by atoms with Gasteiger partial charge in [-0.15, -0.1) is 0 Å². The maximum absolute atomic E-state index is 11.8. The van der Waals surface area contributed by atoms with E-state index in [1.807, 2.05) is 6.92 Å². The van der Waals surface area contributed by atoms with Gasteiger partial charge in [-0.1, -0.05) is 6.92 Å². The lowest BCUT2D eigenvalue weighted by Gasteiger charge is -2.30. The lowest BCUT2D eigenvalue weighted by atomic mass is 9.72. The van der Waals surface area contributed by atoms with E-state index >= 15 is 0 Å². The Morgan fingerprint density at radius 2 is 2.33 bits per heavy atom. The second kappa shape index (κ2) is 4.75. The first-order chi connectivity index (χ1) is 7.09. The van der Waals surface area contributed by atoms with Crippen molar-refractivity contribution in [3.8, 4) is 0 Å². The second-order valence-corrected chi connectivity index (χ2v) is 4.15. The highest BCUT2D eigenvalue weighted by Gasteiger charge is 2.52. The Morgan fingerprint density at radius 1 is 1.67 bits per heavy atom. The van der Waals surface area contributed by atoms with Gasteiger partial charge in [-0.25, -0.2) is 0 Å². The lowest BCUT2D eigenvalue weighted by molar-refractivity contribution is -0.160. The normalized spacial score (nSPS) is 27.8. The van der Waals surface area contributed by atoms with E-state index in [2.05, 4.69) is 0 Å². The zero-order chi connectivity index (χ0) is 11.5. The van der Waals surface area contributed by atoms with Crippen LogP contribution in [0.15, 0.2) is 0 Å². The second-order valence-electron chi connectivity index (χ2n) is 4.15. The van der Waals surface area contributed by atoms with Crippen LogP contribution in [-0.4, -0.2) is 30.6 Å². The monoisotopic (exact) mass is 214 g/mol. The van der Waals surface area contributed by atoms with Crippen molar-refractivity contribution in [1.29, 1.82) is 0 Å². The molecule has 1 aliphatic carbocycles. The predicted octanol–water partition coefficient (Wildman–Crippen LogP) is 0.917. The van der Waals surface area contributed by atoms with Gasteiger partial charge in [-0.05, 0) is 25.2 Å². The predicted molar refractivity (Wildman–Crippen MR) is 54.2 cm³/mol. The Balaban J connectivity index is 2.95. The summed E-state index contributed by atoms with van der Waals surface area (Å²) < 4.78 is 4.73. The molecule has 4 heteroatoms. The molecule has 0 spiro atoms. The number of ketones is 1. The Hall–Kier alpha value is -0.900. The average molecular weight is 214 g/mol. The van der Waals surface area contributed by atoms with E-state index in [-0.39, 0.29) is 18.3 Å². The molecule has 4 nitrogen and oxygen atoms in total. The number of ether oxygens (including phenoxy) is 1. The maximum Gasteiger partial charge on any atom is 0.319 e. The molecule has 1 N–H and O–H groups in total. The van der Waals surface area contributed by atoms with E-state index in [1.54, 1.807) is 0 Å². The third kappa shape index (κ3) is 1.91. The standard InChI is InChI=1S/C11H18O4/c1-8(5-7-12)11(10(14)15-2)6-3-4-9(11)13/h8,12H,3-7H2,1-2H3/t8-,11-/m1/s1. The summed E-state index contributed by atoms with van der Waals surface area (Å²) >= 11 is 0. The molecule has 86 valence electrons. The van der Waals surface area contributed by atoms with Gasteiger partial charge in [-0.2, -0.15) is 0 Å². The van der Waals surface area contributed by atoms with Crippen LogP contribution in [0.4, 0.5) is 0 Å². The quantitative estimate of drug-likeness (QED) is 0.558. The number of carbonyl (C=O) groups is 2. The van der Waals surface area contributed by atoms with Gasteiger partial charge >= 0.3 is 5.97 Å². The third-order valence-electron chi connectivity index (χ3n) is 3.43. The van der Waals surface area contributed by atoms with E-state index in [1.165, 1.54) is 7.11 Å². The van der Waals surface area contributed by atoms with E-state index in [9.17, 15) is 9.59 Å². The number of carbonyl (C=O) groups excluding carboxylic acids is 2. The van der Waals surface area contributed by atoms with Crippen LogP contribution < -0.4 is 0 Å². The third-order valence-corrected chi connectivity index (χ3v) is 3.43. The molecule has 0 unspecified atom stereocenters. The molecule has 0 aromatic heterocycles. The zero-order valence-corrected chi connectivity index (χ0v) is 9.28. The Bertz CT molecular complexity index is 261. The topological polar surface area (TPSA) is 63.6 Å². The SMILES string of the molecule is COC(=O)[C@@]1([C@H](C)CCO)CCCC1=O. The summed E-state index contributed by atoms with van der Waals surface area (Å²) in [6, 6.07) is 0. The van der Waals surface area contributed by atoms with Crippen molar-refractivity contribution in [1.82, 2.24) is 0 Å². The fraction of sp³-hybridized carbons (Fsp3) is 0.818. The first-order valence-electron chi connectivity index (χ1n) is 5.32. The highest BCUT2D eigenvalue weighted by molar-refractivity contribution is 6.05. The van der Waals surface area contributed by atoms with Crippen LogP contribution in [0.5, 0.6) is 0 Å². The van der Waals surface area contributed by atoms with Gasteiger partial charge in [0.1, 0.15) is 11.2 Å². The molecule has 0 heterocycles. The average Bonchev–Trinajstić information content (AvgIpc) is 2.60. The van der Waals surface area contributed by atoms with Crippen LogP contribution in [-0.2, 0) is 14.3 Å². The summed E-state index contributed by atoms with van der Waals surface area (Å²) in [4.78, 5) is 23.6.